The molecule has 1 fully saturated rings. The second-order valence-corrected chi connectivity index (χ2v) is 11.5. The Labute approximate surface area is 229 Å². The van der Waals surface area contributed by atoms with Crippen molar-refractivity contribution in [2.24, 2.45) is 0 Å². The minimum atomic E-state index is -1.18. The number of aromatic nitrogens is 3. The van der Waals surface area contributed by atoms with Gasteiger partial charge in [-0.1, -0.05) is 33.3 Å². The van der Waals surface area contributed by atoms with Crippen LogP contribution in [0.3, 0.4) is 0 Å². The number of carbonyl (C=O) groups is 1. The van der Waals surface area contributed by atoms with Crippen LogP contribution in [-0.2, 0) is 17.3 Å². The van der Waals surface area contributed by atoms with Gasteiger partial charge in [-0.15, -0.1) is 5.10 Å². The fourth-order valence-corrected chi connectivity index (χ4v) is 6.05. The zero-order valence-electron chi connectivity index (χ0n) is 20.3. The van der Waals surface area contributed by atoms with Gasteiger partial charge in [-0.25, -0.2) is 9.07 Å². The molecule has 0 aliphatic carbocycles. The summed E-state index contributed by atoms with van der Waals surface area (Å²) < 4.78 is 48.6. The van der Waals surface area contributed by atoms with E-state index >= 15 is 0 Å². The Morgan fingerprint density at radius 3 is 2.53 bits per heavy atom. The molecular weight excluding hydrogens is 578 g/mol. The Hall–Kier alpha value is -3.44. The van der Waals surface area contributed by atoms with Crippen molar-refractivity contribution in [2.75, 3.05) is 20.2 Å². The van der Waals surface area contributed by atoms with E-state index in [1.807, 2.05) is 36.4 Å². The number of ether oxygens (including phenoxy) is 1. The molecule has 1 aromatic heterocycles. The molecule has 5 rings (SSSR count). The number of benzene rings is 3. The summed E-state index contributed by atoms with van der Waals surface area (Å²) in [4.78, 5) is 15.5. The highest BCUT2D eigenvalue weighted by Crippen LogP contribution is 2.28. The lowest BCUT2D eigenvalue weighted by Crippen LogP contribution is -2.30. The zero-order chi connectivity index (χ0) is 26.8. The summed E-state index contributed by atoms with van der Waals surface area (Å²) in [5.41, 5.74) is 1.58. The molecular formula is C27H23BrF2N4O3S. The number of rotatable bonds is 7. The molecule has 0 N–H and O–H groups in total. The number of amides is 1. The van der Waals surface area contributed by atoms with E-state index in [1.165, 1.54) is 30.1 Å². The lowest BCUT2D eigenvalue weighted by atomic mass is 10.1. The molecule has 2 unspecified atom stereocenters. The highest BCUT2D eigenvalue weighted by Gasteiger charge is 2.31. The molecule has 3 aromatic carbocycles. The Morgan fingerprint density at radius 2 is 1.82 bits per heavy atom. The lowest BCUT2D eigenvalue weighted by molar-refractivity contribution is 0.0793. The van der Waals surface area contributed by atoms with E-state index in [4.69, 9.17) is 4.74 Å². The predicted octanol–water partition coefficient (Wildman–Crippen LogP) is 5.07. The molecule has 1 aliphatic rings. The molecule has 0 saturated carbocycles. The van der Waals surface area contributed by atoms with E-state index in [-0.39, 0.29) is 28.2 Å². The smallest absolute Gasteiger partial charge is 0.253 e. The quantitative estimate of drug-likeness (QED) is 0.296. The van der Waals surface area contributed by atoms with Gasteiger partial charge in [0, 0.05) is 33.6 Å². The van der Waals surface area contributed by atoms with Gasteiger partial charge in [0.1, 0.15) is 5.69 Å². The number of hydrogen-bond donors (Lipinski definition) is 0. The van der Waals surface area contributed by atoms with E-state index in [1.54, 1.807) is 17.0 Å². The van der Waals surface area contributed by atoms with E-state index in [0.29, 0.717) is 31.6 Å². The molecule has 1 aliphatic heterocycles. The van der Waals surface area contributed by atoms with Crippen LogP contribution in [0.2, 0.25) is 0 Å². The Morgan fingerprint density at radius 1 is 1.08 bits per heavy atom. The standard InChI is InChI=1S/C27H23BrF2N4O3S/c1-37-24-11-10-22(25(29)26(24)30)23-16-34(32-31-23)14-17-2-4-18(5-3-17)27(35)33-13-12-21(15-33)38(36)20-8-6-19(28)7-9-20/h2-11,16,21H,12-15H2,1H3. The van der Waals surface area contributed by atoms with Gasteiger partial charge in [0.15, 0.2) is 11.6 Å². The fraction of sp³-hybridized carbons (Fsp3) is 0.222. The molecule has 2 heterocycles. The second-order valence-electron chi connectivity index (χ2n) is 8.85. The largest absolute Gasteiger partial charge is 0.494 e. The van der Waals surface area contributed by atoms with Crippen LogP contribution in [0.4, 0.5) is 8.78 Å². The monoisotopic (exact) mass is 600 g/mol. The third-order valence-corrected chi connectivity index (χ3v) is 8.66. The number of methoxy groups -OCH3 is 1. The average Bonchev–Trinajstić information content (AvgIpc) is 3.61. The molecule has 196 valence electrons. The molecule has 38 heavy (non-hydrogen) atoms. The molecule has 0 spiro atoms. The van der Waals surface area contributed by atoms with E-state index in [0.717, 1.165) is 14.9 Å². The molecule has 1 saturated heterocycles. The van der Waals surface area contributed by atoms with Crippen molar-refractivity contribution in [1.29, 1.82) is 0 Å². The number of hydrogen-bond acceptors (Lipinski definition) is 5. The normalized spacial score (nSPS) is 16.0. The third kappa shape index (κ3) is 5.39. The SMILES string of the molecule is COc1ccc(-c2cn(Cc3ccc(C(=O)N4CCC(S(=O)c5ccc(Br)cc5)C4)cc3)nn2)c(F)c1F. The van der Waals surface area contributed by atoms with Crippen LogP contribution in [0.25, 0.3) is 11.3 Å². The Kier molecular flexibility index (Phi) is 7.66. The highest BCUT2D eigenvalue weighted by molar-refractivity contribution is 9.10. The van der Waals surface area contributed by atoms with Crippen molar-refractivity contribution < 1.29 is 22.5 Å². The van der Waals surface area contributed by atoms with Crippen LogP contribution in [0.15, 0.2) is 76.2 Å². The maximum atomic E-state index is 14.4. The van der Waals surface area contributed by atoms with Gasteiger partial charge in [0.05, 0.1) is 35.9 Å². The first-order chi connectivity index (χ1) is 18.3. The molecule has 1 amide bonds. The summed E-state index contributed by atoms with van der Waals surface area (Å²) in [5.74, 6) is -2.42. The van der Waals surface area contributed by atoms with Gasteiger partial charge in [-0.05, 0) is 60.5 Å². The molecule has 7 nitrogen and oxygen atoms in total. The maximum Gasteiger partial charge on any atom is 0.253 e. The summed E-state index contributed by atoms with van der Waals surface area (Å²) >= 11 is 3.39. The summed E-state index contributed by atoms with van der Waals surface area (Å²) in [6.45, 7) is 1.32. The molecule has 11 heteroatoms. The van der Waals surface area contributed by atoms with Crippen molar-refractivity contribution in [2.45, 2.75) is 23.1 Å². The molecule has 2 atom stereocenters. The second kappa shape index (κ2) is 11.1. The zero-order valence-corrected chi connectivity index (χ0v) is 22.7. The van der Waals surface area contributed by atoms with Crippen molar-refractivity contribution >= 4 is 32.6 Å². The van der Waals surface area contributed by atoms with E-state index < -0.39 is 22.4 Å². The lowest BCUT2D eigenvalue weighted by Gasteiger charge is -2.17. The van der Waals surface area contributed by atoms with Gasteiger partial charge in [-0.2, -0.15) is 4.39 Å². The number of likely N-dealkylation sites (tertiary alicyclic amines) is 1. The van der Waals surface area contributed by atoms with Crippen molar-refractivity contribution in [3.05, 3.63) is 94.1 Å². The minimum Gasteiger partial charge on any atom is -0.494 e. The molecule has 0 radical (unpaired) electrons. The molecule has 0 bridgehead atoms. The molecule has 4 aromatic rings. The van der Waals surface area contributed by atoms with E-state index in [2.05, 4.69) is 26.2 Å². The van der Waals surface area contributed by atoms with Crippen LogP contribution in [0.5, 0.6) is 5.75 Å². The van der Waals surface area contributed by atoms with Crippen LogP contribution in [-0.4, -0.2) is 55.5 Å². The van der Waals surface area contributed by atoms with Crippen LogP contribution >= 0.6 is 15.9 Å². The first-order valence-electron chi connectivity index (χ1n) is 11.8. The Bertz CT molecular complexity index is 1500. The topological polar surface area (TPSA) is 77.3 Å². The van der Waals surface area contributed by atoms with Crippen LogP contribution in [0.1, 0.15) is 22.3 Å². The van der Waals surface area contributed by atoms with Crippen LogP contribution < -0.4 is 4.74 Å². The number of halogens is 3. The Balaban J connectivity index is 1.21. The van der Waals surface area contributed by atoms with Crippen molar-refractivity contribution in [3.8, 4) is 17.0 Å². The number of nitrogens with zero attached hydrogens (tertiary/aromatic N) is 4. The van der Waals surface area contributed by atoms with Gasteiger partial charge in [0.25, 0.3) is 5.91 Å². The predicted molar refractivity (Wildman–Crippen MR) is 142 cm³/mol. The van der Waals surface area contributed by atoms with Crippen molar-refractivity contribution in [1.82, 2.24) is 19.9 Å². The average molecular weight is 601 g/mol. The summed E-state index contributed by atoms with van der Waals surface area (Å²) in [7, 11) is 0.0814. The van der Waals surface area contributed by atoms with Gasteiger partial charge >= 0.3 is 0 Å². The van der Waals surface area contributed by atoms with Gasteiger partial charge < -0.3 is 9.64 Å². The van der Waals surface area contributed by atoms with Crippen molar-refractivity contribution in [3.63, 3.8) is 0 Å². The first kappa shape index (κ1) is 26.2. The fourth-order valence-electron chi connectivity index (χ4n) is 4.36. The van der Waals surface area contributed by atoms with E-state index in [9.17, 15) is 17.8 Å². The minimum absolute atomic E-state index is 0.0134. The number of carbonyl (C=O) groups excluding carboxylic acids is 1. The summed E-state index contributed by atoms with van der Waals surface area (Å²) in [6, 6.07) is 17.3. The maximum absolute atomic E-state index is 14.4. The third-order valence-electron chi connectivity index (χ3n) is 6.41. The highest BCUT2D eigenvalue weighted by atomic mass is 79.9. The summed E-state index contributed by atoms with van der Waals surface area (Å²) in [6.07, 6.45) is 2.21. The first-order valence-corrected chi connectivity index (χ1v) is 13.8. The van der Waals surface area contributed by atoms with Gasteiger partial charge in [-0.3, -0.25) is 9.00 Å². The van der Waals surface area contributed by atoms with Gasteiger partial charge in [0.2, 0.25) is 5.82 Å². The summed E-state index contributed by atoms with van der Waals surface area (Å²) in [5, 5.41) is 7.87. The van der Waals surface area contributed by atoms with Crippen LogP contribution in [0, 0.1) is 11.6 Å².